The minimum Gasteiger partial charge on any atom is -0.345 e. The maximum absolute atomic E-state index is 13.7. The summed E-state index contributed by atoms with van der Waals surface area (Å²) in [6, 6.07) is 20.2. The van der Waals surface area contributed by atoms with Gasteiger partial charge in [-0.3, -0.25) is 24.3 Å². The molecule has 0 fully saturated rings. The molecule has 0 bridgehead atoms. The zero-order valence-corrected chi connectivity index (χ0v) is 25.4. The fraction of sp³-hybridized carbons (Fsp3) is 0.129. The molecule has 1 N–H and O–H groups in total. The Hall–Kier alpha value is -5.28. The highest BCUT2D eigenvalue weighted by molar-refractivity contribution is 7.99. The van der Waals surface area contributed by atoms with Gasteiger partial charge in [-0.1, -0.05) is 36.0 Å². The third-order valence-corrected chi connectivity index (χ3v) is 8.90. The van der Waals surface area contributed by atoms with Crippen molar-refractivity contribution >= 4 is 46.3 Å². The number of hydrogen-bond donors (Lipinski definition) is 1. The summed E-state index contributed by atoms with van der Waals surface area (Å²) in [6.07, 6.45) is 0.455. The largest absolute Gasteiger partial charge is 0.345 e. The number of nitro groups is 1. The number of halogens is 2. The summed E-state index contributed by atoms with van der Waals surface area (Å²) in [7, 11) is 0. The molecule has 1 atom stereocenters. The van der Waals surface area contributed by atoms with Gasteiger partial charge in [-0.05, 0) is 59.5 Å². The molecule has 3 heterocycles. The third kappa shape index (κ3) is 6.69. The summed E-state index contributed by atoms with van der Waals surface area (Å²) in [6.45, 7) is -0.110. The number of hydrogen-bond acceptors (Lipinski definition) is 9. The van der Waals surface area contributed by atoms with E-state index in [4.69, 9.17) is 0 Å². The molecule has 2 aromatic heterocycles. The molecule has 1 aliphatic rings. The van der Waals surface area contributed by atoms with Crippen molar-refractivity contribution in [2.45, 2.75) is 24.2 Å². The van der Waals surface area contributed by atoms with Crippen molar-refractivity contribution < 1.29 is 23.3 Å². The highest BCUT2D eigenvalue weighted by Gasteiger charge is 2.34. The van der Waals surface area contributed by atoms with Crippen LogP contribution in [0.3, 0.4) is 0 Å². The van der Waals surface area contributed by atoms with Crippen LogP contribution in [0.2, 0.25) is 0 Å². The number of benzene rings is 3. The van der Waals surface area contributed by atoms with E-state index in [0.29, 0.717) is 12.1 Å². The molecule has 3 aromatic carbocycles. The molecule has 46 heavy (non-hydrogen) atoms. The van der Waals surface area contributed by atoms with E-state index in [2.05, 4.69) is 20.6 Å². The van der Waals surface area contributed by atoms with Crippen molar-refractivity contribution in [1.82, 2.24) is 25.1 Å². The summed E-state index contributed by atoms with van der Waals surface area (Å²) in [4.78, 5) is 38.0. The molecular formula is C31H23F2N7O4S2. The van der Waals surface area contributed by atoms with Crippen LogP contribution in [0.25, 0.3) is 5.69 Å². The molecular weight excluding hydrogens is 637 g/mol. The Bertz CT molecular complexity index is 1930. The van der Waals surface area contributed by atoms with Crippen LogP contribution >= 0.6 is 23.1 Å². The Morgan fingerprint density at radius 3 is 2.48 bits per heavy atom. The number of nitro benzene ring substituents is 1. The van der Waals surface area contributed by atoms with E-state index in [1.807, 2.05) is 17.5 Å². The lowest BCUT2D eigenvalue weighted by molar-refractivity contribution is -0.384. The first-order chi connectivity index (χ1) is 22.3. The average Bonchev–Trinajstić information content (AvgIpc) is 3.83. The van der Waals surface area contributed by atoms with Crippen molar-refractivity contribution in [1.29, 1.82) is 0 Å². The number of carbonyl (C=O) groups excluding carboxylic acids is 2. The number of non-ortho nitro benzene ring substituents is 1. The molecule has 0 aliphatic carbocycles. The van der Waals surface area contributed by atoms with E-state index >= 15 is 0 Å². The van der Waals surface area contributed by atoms with Gasteiger partial charge >= 0.3 is 0 Å². The first-order valence-corrected chi connectivity index (χ1v) is 15.7. The molecule has 232 valence electrons. The maximum Gasteiger partial charge on any atom is 0.269 e. The fourth-order valence-corrected chi connectivity index (χ4v) is 6.40. The highest BCUT2D eigenvalue weighted by Crippen LogP contribution is 2.35. The SMILES string of the molecule is O=C(NCc1nnc(SCC(=O)N2N=C(c3cccs3)C[C@H]2c2ccc(F)cc2)n1-c1ccc([N+](=O)[O-])cc1)c1cccc(F)c1. The van der Waals surface area contributed by atoms with Gasteiger partial charge in [-0.25, -0.2) is 13.8 Å². The number of hydrazone groups is 1. The van der Waals surface area contributed by atoms with E-state index in [0.717, 1.165) is 34.0 Å². The molecule has 2 amide bonds. The third-order valence-electron chi connectivity index (χ3n) is 7.06. The predicted molar refractivity (Wildman–Crippen MR) is 168 cm³/mol. The second kappa shape index (κ2) is 13.4. The summed E-state index contributed by atoms with van der Waals surface area (Å²) in [5, 5.41) is 30.6. The molecule has 11 nitrogen and oxygen atoms in total. The minimum absolute atomic E-state index is 0.0975. The smallest absolute Gasteiger partial charge is 0.269 e. The standard InChI is InChI=1S/C31H23F2N7O4S2/c32-21-8-6-19(7-9-21)26-16-25(27-5-2-14-45-27)37-39(26)29(41)18-46-31-36-35-28(17-34-30(42)20-3-1-4-22(33)15-20)38(31)23-10-12-24(13-11-23)40(43)44/h1-15,26H,16-18H2,(H,34,42)/t26-/m0/s1. The van der Waals surface area contributed by atoms with Gasteiger partial charge in [-0.15, -0.1) is 21.5 Å². The Morgan fingerprint density at radius 2 is 1.78 bits per heavy atom. The molecule has 0 radical (unpaired) electrons. The van der Waals surface area contributed by atoms with Gasteiger partial charge in [0, 0.05) is 29.8 Å². The lowest BCUT2D eigenvalue weighted by Gasteiger charge is -2.22. The molecule has 0 unspecified atom stereocenters. The van der Waals surface area contributed by atoms with Gasteiger partial charge in [0.25, 0.3) is 17.5 Å². The number of nitrogens with one attached hydrogen (secondary N) is 1. The van der Waals surface area contributed by atoms with Crippen LogP contribution in [0.15, 0.2) is 101 Å². The van der Waals surface area contributed by atoms with Gasteiger partial charge in [0.05, 0.1) is 33.9 Å². The normalized spacial score (nSPS) is 14.3. The number of rotatable bonds is 10. The topological polar surface area (TPSA) is 136 Å². The van der Waals surface area contributed by atoms with E-state index in [-0.39, 0.29) is 46.3 Å². The second-order valence-electron chi connectivity index (χ2n) is 10.0. The van der Waals surface area contributed by atoms with E-state index < -0.39 is 22.7 Å². The zero-order chi connectivity index (χ0) is 32.2. The minimum atomic E-state index is -0.559. The lowest BCUT2D eigenvalue weighted by Crippen LogP contribution is -2.28. The van der Waals surface area contributed by atoms with Crippen LogP contribution in [-0.4, -0.2) is 48.0 Å². The first-order valence-electron chi connectivity index (χ1n) is 13.8. The molecule has 1 aliphatic heterocycles. The highest BCUT2D eigenvalue weighted by atomic mass is 32.2. The van der Waals surface area contributed by atoms with Crippen molar-refractivity contribution in [3.63, 3.8) is 0 Å². The van der Waals surface area contributed by atoms with Crippen molar-refractivity contribution in [3.8, 4) is 5.69 Å². The van der Waals surface area contributed by atoms with Crippen LogP contribution in [0.4, 0.5) is 14.5 Å². The lowest BCUT2D eigenvalue weighted by atomic mass is 10.0. The van der Waals surface area contributed by atoms with Crippen molar-refractivity contribution in [2.24, 2.45) is 5.10 Å². The van der Waals surface area contributed by atoms with Gasteiger partial charge in [-0.2, -0.15) is 5.10 Å². The van der Waals surface area contributed by atoms with Crippen LogP contribution in [0.5, 0.6) is 0 Å². The monoisotopic (exact) mass is 659 g/mol. The molecule has 0 saturated heterocycles. The average molecular weight is 660 g/mol. The van der Waals surface area contributed by atoms with Crippen LogP contribution in [0.1, 0.15) is 39.1 Å². The number of thiophene rings is 1. The molecule has 15 heteroatoms. The van der Waals surface area contributed by atoms with Gasteiger partial charge in [0.2, 0.25) is 0 Å². The predicted octanol–water partition coefficient (Wildman–Crippen LogP) is 5.92. The summed E-state index contributed by atoms with van der Waals surface area (Å²) in [5.41, 5.74) is 1.94. The van der Waals surface area contributed by atoms with Crippen molar-refractivity contribution in [3.05, 3.63) is 134 Å². The maximum atomic E-state index is 13.7. The molecule has 0 saturated carbocycles. The van der Waals surface area contributed by atoms with Gasteiger partial charge in [0.1, 0.15) is 11.6 Å². The Kier molecular flexibility index (Phi) is 8.94. The van der Waals surface area contributed by atoms with Crippen LogP contribution < -0.4 is 5.32 Å². The van der Waals surface area contributed by atoms with E-state index in [9.17, 15) is 28.5 Å². The number of nitrogens with zero attached hydrogens (tertiary/aromatic N) is 6. The Labute approximate surface area is 268 Å². The van der Waals surface area contributed by atoms with Gasteiger partial charge in [0.15, 0.2) is 11.0 Å². The van der Waals surface area contributed by atoms with Crippen molar-refractivity contribution in [2.75, 3.05) is 5.75 Å². The number of aromatic nitrogens is 3. The first kappa shape index (κ1) is 30.7. The Morgan fingerprint density at radius 1 is 1.00 bits per heavy atom. The van der Waals surface area contributed by atoms with E-state index in [1.165, 1.54) is 70.9 Å². The van der Waals surface area contributed by atoms with Crippen LogP contribution in [-0.2, 0) is 11.3 Å². The molecule has 6 rings (SSSR count). The molecule has 5 aromatic rings. The second-order valence-corrected chi connectivity index (χ2v) is 11.9. The molecule has 0 spiro atoms. The van der Waals surface area contributed by atoms with E-state index in [1.54, 1.807) is 16.7 Å². The fourth-order valence-electron chi connectivity index (χ4n) is 4.85. The summed E-state index contributed by atoms with van der Waals surface area (Å²) < 4.78 is 28.9. The quantitative estimate of drug-likeness (QED) is 0.112. The van der Waals surface area contributed by atoms with Crippen LogP contribution in [0, 0.1) is 21.7 Å². The summed E-state index contributed by atoms with van der Waals surface area (Å²) in [5.74, 6) is -1.64. The number of amides is 2. The van der Waals surface area contributed by atoms with Gasteiger partial charge < -0.3 is 5.32 Å². The number of carbonyl (C=O) groups is 2. The summed E-state index contributed by atoms with van der Waals surface area (Å²) >= 11 is 2.58. The Balaban J connectivity index is 1.25. The number of thioether (sulfide) groups is 1. The zero-order valence-electron chi connectivity index (χ0n) is 23.7.